The lowest BCUT2D eigenvalue weighted by atomic mass is 10.3. The largest absolute Gasteiger partial charge is 0.337 e. The predicted octanol–water partition coefficient (Wildman–Crippen LogP) is 4.02. The van der Waals surface area contributed by atoms with Crippen LogP contribution in [0.2, 0.25) is 0 Å². The van der Waals surface area contributed by atoms with Crippen LogP contribution in [0.1, 0.15) is 25.2 Å². The molecule has 1 heterocycles. The van der Waals surface area contributed by atoms with Crippen molar-refractivity contribution in [2.75, 3.05) is 12.3 Å². The third-order valence-corrected chi connectivity index (χ3v) is 5.17. The topological polar surface area (TPSA) is 29.9 Å². The first-order chi connectivity index (χ1) is 9.72. The number of hydrogen-bond donors (Lipinski definition) is 1. The van der Waals surface area contributed by atoms with Crippen molar-refractivity contribution in [1.82, 2.24) is 14.9 Å². The molecule has 0 bridgehead atoms. The van der Waals surface area contributed by atoms with Gasteiger partial charge in [-0.25, -0.2) is 4.98 Å². The van der Waals surface area contributed by atoms with Crippen LogP contribution in [0.4, 0.5) is 0 Å². The zero-order valence-corrected chi connectivity index (χ0v) is 14.2. The molecule has 3 nitrogen and oxygen atoms in total. The second kappa shape index (κ2) is 7.86. The zero-order valence-electron chi connectivity index (χ0n) is 11.8. The Bertz CT molecular complexity index is 541. The van der Waals surface area contributed by atoms with Crippen molar-refractivity contribution >= 4 is 27.7 Å². The van der Waals surface area contributed by atoms with E-state index in [9.17, 15) is 0 Å². The standard InChI is InChI=1S/C15H20BrN3S/c1-3-8-17-13(15-18-9-10-19(15)2)11-20-14-7-5-4-6-12(14)16/h4-7,9-10,13,17H,3,8,11H2,1-2H3. The molecule has 1 aromatic heterocycles. The lowest BCUT2D eigenvalue weighted by molar-refractivity contribution is 0.535. The van der Waals surface area contributed by atoms with Crippen LogP contribution in [-0.2, 0) is 7.05 Å². The first-order valence-electron chi connectivity index (χ1n) is 6.80. The van der Waals surface area contributed by atoms with Crippen LogP contribution in [0.5, 0.6) is 0 Å². The van der Waals surface area contributed by atoms with E-state index in [1.165, 1.54) is 4.90 Å². The van der Waals surface area contributed by atoms with Crippen molar-refractivity contribution in [2.24, 2.45) is 7.05 Å². The number of thioether (sulfide) groups is 1. The molecule has 0 amide bonds. The maximum Gasteiger partial charge on any atom is 0.126 e. The van der Waals surface area contributed by atoms with Gasteiger partial charge < -0.3 is 9.88 Å². The Morgan fingerprint density at radius 1 is 1.40 bits per heavy atom. The number of imidazole rings is 1. The highest BCUT2D eigenvalue weighted by Crippen LogP contribution is 2.30. The average Bonchev–Trinajstić information content (AvgIpc) is 2.87. The molecule has 1 unspecified atom stereocenters. The van der Waals surface area contributed by atoms with Gasteiger partial charge in [0.2, 0.25) is 0 Å². The summed E-state index contributed by atoms with van der Waals surface area (Å²) in [6.07, 6.45) is 4.98. The van der Waals surface area contributed by atoms with Gasteiger partial charge in [0, 0.05) is 34.6 Å². The molecule has 1 aromatic carbocycles. The Morgan fingerprint density at radius 2 is 2.20 bits per heavy atom. The highest BCUT2D eigenvalue weighted by atomic mass is 79.9. The molecule has 0 radical (unpaired) electrons. The Labute approximate surface area is 133 Å². The molecule has 0 aliphatic heterocycles. The zero-order chi connectivity index (χ0) is 14.4. The van der Waals surface area contributed by atoms with E-state index in [4.69, 9.17) is 0 Å². The fraction of sp³-hybridized carbons (Fsp3) is 0.400. The van der Waals surface area contributed by atoms with Crippen LogP contribution in [0, 0.1) is 0 Å². The summed E-state index contributed by atoms with van der Waals surface area (Å²) in [5.41, 5.74) is 0. The van der Waals surface area contributed by atoms with E-state index < -0.39 is 0 Å². The highest BCUT2D eigenvalue weighted by Gasteiger charge is 2.16. The fourth-order valence-corrected chi connectivity index (χ4v) is 3.61. The number of aryl methyl sites for hydroxylation is 1. The van der Waals surface area contributed by atoms with Crippen LogP contribution in [0.3, 0.4) is 0 Å². The monoisotopic (exact) mass is 353 g/mol. The highest BCUT2D eigenvalue weighted by molar-refractivity contribution is 9.10. The van der Waals surface area contributed by atoms with Gasteiger partial charge in [-0.3, -0.25) is 0 Å². The molecule has 2 rings (SSSR count). The van der Waals surface area contributed by atoms with Gasteiger partial charge in [0.1, 0.15) is 5.82 Å². The van der Waals surface area contributed by atoms with Crippen molar-refractivity contribution in [3.8, 4) is 0 Å². The molecule has 0 spiro atoms. The first kappa shape index (κ1) is 15.6. The Kier molecular flexibility index (Phi) is 6.13. The molecule has 0 saturated heterocycles. The summed E-state index contributed by atoms with van der Waals surface area (Å²) in [7, 11) is 2.05. The minimum atomic E-state index is 0.270. The van der Waals surface area contributed by atoms with Crippen LogP contribution in [-0.4, -0.2) is 21.8 Å². The number of hydrogen-bond acceptors (Lipinski definition) is 3. The number of rotatable bonds is 7. The van der Waals surface area contributed by atoms with Gasteiger partial charge in [0.25, 0.3) is 0 Å². The van der Waals surface area contributed by atoms with Crippen molar-refractivity contribution in [1.29, 1.82) is 0 Å². The first-order valence-corrected chi connectivity index (χ1v) is 8.58. The van der Waals surface area contributed by atoms with Crippen LogP contribution < -0.4 is 5.32 Å². The fourth-order valence-electron chi connectivity index (χ4n) is 1.99. The number of nitrogens with zero attached hydrogens (tertiary/aromatic N) is 2. The summed E-state index contributed by atoms with van der Waals surface area (Å²) in [4.78, 5) is 5.75. The van der Waals surface area contributed by atoms with E-state index in [1.54, 1.807) is 0 Å². The summed E-state index contributed by atoms with van der Waals surface area (Å²) < 4.78 is 3.24. The lowest BCUT2D eigenvalue weighted by Crippen LogP contribution is -2.26. The van der Waals surface area contributed by atoms with E-state index >= 15 is 0 Å². The second-order valence-electron chi connectivity index (χ2n) is 4.64. The summed E-state index contributed by atoms with van der Waals surface area (Å²) >= 11 is 5.45. The van der Waals surface area contributed by atoms with Gasteiger partial charge in [0.15, 0.2) is 0 Å². The average molecular weight is 354 g/mol. The van der Waals surface area contributed by atoms with E-state index in [0.29, 0.717) is 0 Å². The molecule has 1 N–H and O–H groups in total. The lowest BCUT2D eigenvalue weighted by Gasteiger charge is -2.18. The normalized spacial score (nSPS) is 12.6. The van der Waals surface area contributed by atoms with Gasteiger partial charge in [0.05, 0.1) is 6.04 Å². The van der Waals surface area contributed by atoms with Crippen molar-refractivity contribution in [3.63, 3.8) is 0 Å². The Balaban J connectivity index is 2.05. The molecule has 20 heavy (non-hydrogen) atoms. The minimum Gasteiger partial charge on any atom is -0.337 e. The SMILES string of the molecule is CCCNC(CSc1ccccc1Br)c1nccn1C. The molecule has 0 aliphatic rings. The third kappa shape index (κ3) is 4.11. The Morgan fingerprint density at radius 3 is 2.85 bits per heavy atom. The summed E-state index contributed by atoms with van der Waals surface area (Å²) in [5.74, 6) is 2.06. The van der Waals surface area contributed by atoms with Gasteiger partial charge in [-0.05, 0) is 41.0 Å². The molecule has 2 aromatic rings. The number of halogens is 1. The quantitative estimate of drug-likeness (QED) is 0.762. The van der Waals surface area contributed by atoms with E-state index in [-0.39, 0.29) is 6.04 Å². The maximum atomic E-state index is 4.48. The third-order valence-electron chi connectivity index (χ3n) is 3.05. The van der Waals surface area contributed by atoms with Crippen molar-refractivity contribution in [3.05, 3.63) is 47.0 Å². The summed E-state index contributed by atoms with van der Waals surface area (Å²) in [6, 6.07) is 8.61. The second-order valence-corrected chi connectivity index (χ2v) is 6.56. The van der Waals surface area contributed by atoms with Crippen LogP contribution in [0.15, 0.2) is 46.0 Å². The smallest absolute Gasteiger partial charge is 0.126 e. The molecule has 1 atom stereocenters. The molecule has 0 aliphatic carbocycles. The molecule has 5 heteroatoms. The van der Waals surface area contributed by atoms with Gasteiger partial charge >= 0.3 is 0 Å². The van der Waals surface area contributed by atoms with E-state index in [0.717, 1.165) is 29.0 Å². The maximum absolute atomic E-state index is 4.48. The van der Waals surface area contributed by atoms with Gasteiger partial charge in [-0.15, -0.1) is 11.8 Å². The molecular weight excluding hydrogens is 334 g/mol. The number of aromatic nitrogens is 2. The Hall–Kier alpha value is -0.780. The molecule has 0 saturated carbocycles. The number of benzene rings is 1. The van der Waals surface area contributed by atoms with Crippen molar-refractivity contribution in [2.45, 2.75) is 24.3 Å². The minimum absolute atomic E-state index is 0.270. The van der Waals surface area contributed by atoms with Crippen LogP contribution in [0.25, 0.3) is 0 Å². The summed E-state index contributed by atoms with van der Waals surface area (Å²) in [5, 5.41) is 3.58. The van der Waals surface area contributed by atoms with Crippen molar-refractivity contribution < 1.29 is 0 Å². The molecule has 108 valence electrons. The summed E-state index contributed by atoms with van der Waals surface area (Å²) in [6.45, 7) is 3.19. The molecule has 0 fully saturated rings. The van der Waals surface area contributed by atoms with Gasteiger partial charge in [-0.2, -0.15) is 0 Å². The van der Waals surface area contributed by atoms with E-state index in [2.05, 4.69) is 55.9 Å². The van der Waals surface area contributed by atoms with Gasteiger partial charge in [-0.1, -0.05) is 19.1 Å². The predicted molar refractivity (Wildman–Crippen MR) is 89.1 cm³/mol. The van der Waals surface area contributed by atoms with Crippen LogP contribution >= 0.6 is 27.7 Å². The molecular formula is C15H20BrN3S. The number of nitrogens with one attached hydrogen (secondary N) is 1. The van der Waals surface area contributed by atoms with E-state index in [1.807, 2.05) is 37.3 Å².